The first-order valence-electron chi connectivity index (χ1n) is 9.92. The highest BCUT2D eigenvalue weighted by Gasteiger charge is 2.20. The molecule has 10 heteroatoms. The van der Waals surface area contributed by atoms with E-state index in [1.807, 2.05) is 24.3 Å². The van der Waals surface area contributed by atoms with E-state index in [0.717, 1.165) is 41.7 Å². The van der Waals surface area contributed by atoms with Crippen LogP contribution in [0.1, 0.15) is 18.5 Å². The molecular weight excluding hydrogens is 462 g/mol. The maximum atomic E-state index is 8.85. The van der Waals surface area contributed by atoms with Gasteiger partial charge in [0.05, 0.1) is 37.4 Å². The zero-order valence-corrected chi connectivity index (χ0v) is 18.6. The monoisotopic (exact) mass is 483 g/mol. The van der Waals surface area contributed by atoms with E-state index in [1.54, 1.807) is 7.11 Å². The van der Waals surface area contributed by atoms with Gasteiger partial charge in [-0.2, -0.15) is 10.4 Å². The Morgan fingerprint density at radius 1 is 1.23 bits per heavy atom. The van der Waals surface area contributed by atoms with Crippen LogP contribution in [0.15, 0.2) is 35.1 Å². The van der Waals surface area contributed by atoms with Gasteiger partial charge in [-0.25, -0.2) is 9.97 Å². The molecule has 31 heavy (non-hydrogen) atoms. The maximum Gasteiger partial charge on any atom is 0.158 e. The Morgan fingerprint density at radius 3 is 2.81 bits per heavy atom. The minimum Gasteiger partial charge on any atom is -0.496 e. The lowest BCUT2D eigenvalue weighted by atomic mass is 10.0. The zero-order chi connectivity index (χ0) is 21.6. The fourth-order valence-electron chi connectivity index (χ4n) is 3.47. The van der Waals surface area contributed by atoms with E-state index in [4.69, 9.17) is 14.7 Å². The Kier molecular flexibility index (Phi) is 6.64. The summed E-state index contributed by atoms with van der Waals surface area (Å²) in [4.78, 5) is 8.16. The molecule has 1 fully saturated rings. The van der Waals surface area contributed by atoms with E-state index < -0.39 is 0 Å². The zero-order valence-electron chi connectivity index (χ0n) is 17.0. The highest BCUT2D eigenvalue weighted by atomic mass is 79.9. The smallest absolute Gasteiger partial charge is 0.158 e. The van der Waals surface area contributed by atoms with Crippen LogP contribution in [0.4, 0.5) is 11.6 Å². The van der Waals surface area contributed by atoms with E-state index in [0.29, 0.717) is 35.7 Å². The number of piperidine rings is 1. The number of methoxy groups -OCH3 is 1. The molecule has 0 radical (unpaired) electrons. The van der Waals surface area contributed by atoms with Gasteiger partial charge in [0.2, 0.25) is 0 Å². The van der Waals surface area contributed by atoms with Crippen molar-refractivity contribution in [3.8, 4) is 28.8 Å². The van der Waals surface area contributed by atoms with E-state index in [-0.39, 0.29) is 5.69 Å². The van der Waals surface area contributed by atoms with Crippen molar-refractivity contribution in [3.05, 3.63) is 40.8 Å². The topological polar surface area (TPSA) is 121 Å². The molecule has 1 aliphatic heterocycles. The number of H-pyrrole nitrogens is 1. The lowest BCUT2D eigenvalue weighted by Crippen LogP contribution is -2.33. The SMILES string of the molecule is COc1cc(Br)cc(OC[C@H]2CCCNC2)c1-c1cc(Nc2cnc(C#N)cn2)n[nH]1. The summed E-state index contributed by atoms with van der Waals surface area (Å²) in [6, 6.07) is 7.62. The van der Waals surface area contributed by atoms with E-state index in [9.17, 15) is 0 Å². The Balaban J connectivity index is 1.58. The molecule has 2 aromatic heterocycles. The predicted octanol–water partition coefficient (Wildman–Crippen LogP) is 3.63. The number of aromatic amines is 1. The summed E-state index contributed by atoms with van der Waals surface area (Å²) in [6.07, 6.45) is 5.20. The van der Waals surface area contributed by atoms with Gasteiger partial charge in [0.25, 0.3) is 0 Å². The number of nitrogens with one attached hydrogen (secondary N) is 3. The highest BCUT2D eigenvalue weighted by molar-refractivity contribution is 9.10. The third-order valence-electron chi connectivity index (χ3n) is 4.99. The molecular formula is C21H22BrN7O2. The first-order valence-corrected chi connectivity index (χ1v) is 10.7. The predicted molar refractivity (Wildman–Crippen MR) is 119 cm³/mol. The van der Waals surface area contributed by atoms with Crippen LogP contribution in [-0.4, -0.2) is 47.0 Å². The number of nitriles is 1. The van der Waals surface area contributed by atoms with Gasteiger partial charge in [0.15, 0.2) is 11.5 Å². The van der Waals surface area contributed by atoms with Gasteiger partial charge >= 0.3 is 0 Å². The summed E-state index contributed by atoms with van der Waals surface area (Å²) in [6.45, 7) is 2.66. The third-order valence-corrected chi connectivity index (χ3v) is 5.45. The quantitative estimate of drug-likeness (QED) is 0.465. The average molecular weight is 484 g/mol. The number of hydrogen-bond donors (Lipinski definition) is 3. The van der Waals surface area contributed by atoms with Gasteiger partial charge in [-0.15, -0.1) is 0 Å². The molecule has 3 aromatic rings. The van der Waals surface area contributed by atoms with E-state index in [1.165, 1.54) is 12.4 Å². The molecule has 1 aromatic carbocycles. The molecule has 9 nitrogen and oxygen atoms in total. The molecule has 0 amide bonds. The summed E-state index contributed by atoms with van der Waals surface area (Å²) in [5.41, 5.74) is 1.79. The average Bonchev–Trinajstić information content (AvgIpc) is 3.26. The van der Waals surface area contributed by atoms with Crippen LogP contribution in [0.25, 0.3) is 11.3 Å². The lowest BCUT2D eigenvalue weighted by molar-refractivity contribution is 0.218. The minimum atomic E-state index is 0.253. The Morgan fingerprint density at radius 2 is 2.10 bits per heavy atom. The second kappa shape index (κ2) is 9.76. The molecule has 0 aliphatic carbocycles. The normalized spacial score (nSPS) is 15.8. The van der Waals surface area contributed by atoms with Crippen LogP contribution in [-0.2, 0) is 0 Å². The van der Waals surface area contributed by atoms with Gasteiger partial charge in [-0.05, 0) is 31.5 Å². The standard InChI is InChI=1S/C21H22BrN7O2/c1-30-17-5-14(22)6-18(31-12-13-3-2-4-24-9-13)21(17)16-7-19(29-28-16)27-20-11-25-15(8-23)10-26-20/h5-7,10-11,13,24H,2-4,9,12H2,1H3,(H2,26,27,28,29)/t13-/m0/s1. The van der Waals surface area contributed by atoms with Gasteiger partial charge in [-0.1, -0.05) is 15.9 Å². The molecule has 0 spiro atoms. The fourth-order valence-corrected chi connectivity index (χ4v) is 3.88. The van der Waals surface area contributed by atoms with Gasteiger partial charge in [0.1, 0.15) is 23.4 Å². The van der Waals surface area contributed by atoms with Crippen molar-refractivity contribution >= 4 is 27.6 Å². The van der Waals surface area contributed by atoms with Crippen LogP contribution in [0, 0.1) is 17.2 Å². The van der Waals surface area contributed by atoms with E-state index >= 15 is 0 Å². The van der Waals surface area contributed by atoms with Crippen molar-refractivity contribution in [1.29, 1.82) is 5.26 Å². The van der Waals surface area contributed by atoms with Crippen LogP contribution >= 0.6 is 15.9 Å². The number of ether oxygens (including phenoxy) is 2. The molecule has 1 saturated heterocycles. The lowest BCUT2D eigenvalue weighted by Gasteiger charge is -2.23. The summed E-state index contributed by atoms with van der Waals surface area (Å²) in [7, 11) is 1.63. The molecule has 0 unspecified atom stereocenters. The Bertz CT molecular complexity index is 1070. The van der Waals surface area contributed by atoms with E-state index in [2.05, 4.69) is 46.7 Å². The molecule has 3 heterocycles. The summed E-state index contributed by atoms with van der Waals surface area (Å²) >= 11 is 3.54. The number of aromatic nitrogens is 4. The molecule has 160 valence electrons. The Hall–Kier alpha value is -3.16. The van der Waals surface area contributed by atoms with Crippen molar-refractivity contribution in [1.82, 2.24) is 25.5 Å². The largest absolute Gasteiger partial charge is 0.496 e. The third kappa shape index (κ3) is 5.13. The molecule has 1 atom stereocenters. The first-order chi connectivity index (χ1) is 15.2. The number of rotatable bonds is 7. The molecule has 0 bridgehead atoms. The summed E-state index contributed by atoms with van der Waals surface area (Å²) in [5, 5.41) is 22.7. The number of nitrogens with zero attached hydrogens (tertiary/aromatic N) is 4. The van der Waals surface area contributed by atoms with Crippen LogP contribution in [0.2, 0.25) is 0 Å². The Labute approximate surface area is 188 Å². The van der Waals surface area contributed by atoms with Gasteiger partial charge in [-0.3, -0.25) is 5.10 Å². The second-order valence-electron chi connectivity index (χ2n) is 7.20. The van der Waals surface area contributed by atoms with Crippen LogP contribution < -0.4 is 20.1 Å². The number of halogens is 1. The summed E-state index contributed by atoms with van der Waals surface area (Å²) < 4.78 is 12.7. The number of benzene rings is 1. The minimum absolute atomic E-state index is 0.253. The van der Waals surface area contributed by atoms with Crippen LogP contribution in [0.3, 0.4) is 0 Å². The van der Waals surface area contributed by atoms with Crippen LogP contribution in [0.5, 0.6) is 11.5 Å². The summed E-state index contributed by atoms with van der Waals surface area (Å²) in [5.74, 6) is 2.90. The molecule has 4 rings (SSSR count). The van der Waals surface area contributed by atoms with Crippen molar-refractivity contribution < 1.29 is 9.47 Å². The first kappa shape index (κ1) is 21.1. The maximum absolute atomic E-state index is 8.85. The molecule has 0 saturated carbocycles. The fraction of sp³-hybridized carbons (Fsp3) is 0.333. The van der Waals surface area contributed by atoms with Gasteiger partial charge in [0, 0.05) is 23.0 Å². The molecule has 1 aliphatic rings. The van der Waals surface area contributed by atoms with Crippen molar-refractivity contribution in [2.45, 2.75) is 12.8 Å². The van der Waals surface area contributed by atoms with Crippen molar-refractivity contribution in [3.63, 3.8) is 0 Å². The number of anilines is 2. The van der Waals surface area contributed by atoms with Gasteiger partial charge < -0.3 is 20.1 Å². The number of hydrogen-bond acceptors (Lipinski definition) is 8. The highest BCUT2D eigenvalue weighted by Crippen LogP contribution is 2.41. The molecule has 3 N–H and O–H groups in total. The second-order valence-corrected chi connectivity index (χ2v) is 8.11. The van der Waals surface area contributed by atoms with Crippen molar-refractivity contribution in [2.75, 3.05) is 32.1 Å². The van der Waals surface area contributed by atoms with Crippen molar-refractivity contribution in [2.24, 2.45) is 5.92 Å².